The van der Waals surface area contributed by atoms with Gasteiger partial charge in [-0.05, 0) is 162 Å². The van der Waals surface area contributed by atoms with E-state index in [2.05, 4.69) is 128 Å². The van der Waals surface area contributed by atoms with E-state index in [1.54, 1.807) is 11.8 Å². The SMILES string of the molecule is C/C=C/CC.C/C=C/CC.CC(CC(=O)O)SCCC(O)CO.CC(CSCCC(=O)O)C(O)CO.CC/C=C\CC.CC/C=C\CC.CCC(CO)c1ccccc1.CCC(CO)c1ccccc1.CCC(O)CCSC(CC(=O)O)C(=O)O.CCC(O)CCSCCC(=O)O.O=C(O)CC(SCCC(O)CO)C(=O)O.O=C(O)CCSCCC(O)CO. The standard InChI is InChI=1S/2C10H14O.C9H16O5S.C8H14O6S.2C8H16O4S.C8H16O3S.C7H14O4S.2C6H12.2C5H10/c2*1-2-9(8-11)10-6-4-3-5-7-10;1-2-6(10)3-4-15-7(9(13)14)5-8(11)12;9-4-5(10)1-2-15-6(8(13)14)3-7(11)12;1-6(7(10)4-9)5-13-3-2-8(11)12;1-6(4-8(11)12)13-3-2-7(10)5-9;1-2-7(9)3-5-12-6-4-8(10)11;8-5-6(9)1-3-12-4-2-7(10)11;2*1-3-5-6-4-2;2*1-3-5-4-2/h2*3-7,9,11H,2,8H2,1H3;6-7,10H,2-5H2,1H3,(H,11,12)(H,13,14);5-6,9-10H,1-4H2,(H,11,12)(H,13,14);2*6-7,9-10H,2-5H2,1H3,(H,11,12);7,9H,2-6H2,1H3,(H,10,11);6,8-9H,1-5H2,(H,10,11);2*5-6H,3-4H2,1-2H3;2*3,5H,4H2,1-2H3/b;;;;;;;;2*6-5-;2*5-3+. The van der Waals surface area contributed by atoms with E-state index >= 15 is 0 Å². The van der Waals surface area contributed by atoms with Crippen molar-refractivity contribution in [1.82, 2.24) is 0 Å². The zero-order valence-electron chi connectivity index (χ0n) is 76.4. The Balaban J connectivity index is -0.000000145. The van der Waals surface area contributed by atoms with E-state index in [1.807, 2.05) is 77.9 Å². The number of carboxylic acids is 8. The van der Waals surface area contributed by atoms with Crippen LogP contribution in [0.4, 0.5) is 0 Å². The van der Waals surface area contributed by atoms with E-state index in [9.17, 15) is 43.5 Å². The summed E-state index contributed by atoms with van der Waals surface area (Å²) in [6.45, 7) is 27.9. The van der Waals surface area contributed by atoms with Crippen LogP contribution in [0, 0.1) is 5.92 Å². The zero-order chi connectivity index (χ0) is 97.1. The highest BCUT2D eigenvalue weighted by atomic mass is 32.2. The van der Waals surface area contributed by atoms with Gasteiger partial charge in [-0.2, -0.15) is 47.0 Å². The van der Waals surface area contributed by atoms with Crippen LogP contribution < -0.4 is 0 Å². The van der Waals surface area contributed by atoms with Crippen molar-refractivity contribution in [3.63, 3.8) is 0 Å². The highest BCUT2D eigenvalue weighted by molar-refractivity contribution is 8.01. The summed E-state index contributed by atoms with van der Waals surface area (Å²) in [5, 5.41) is 172. The molecule has 12 unspecified atom stereocenters. The number of benzene rings is 2. The maximum absolute atomic E-state index is 10.6. The summed E-state index contributed by atoms with van der Waals surface area (Å²) in [4.78, 5) is 82.4. The molecule has 0 aliphatic heterocycles. The van der Waals surface area contributed by atoms with Crippen LogP contribution >= 0.6 is 70.6 Å². The molecular weight excluding hydrogens is 1720 g/mol. The first-order chi connectivity index (χ1) is 58.8. The van der Waals surface area contributed by atoms with Gasteiger partial charge in [0.05, 0.1) is 102 Å². The van der Waals surface area contributed by atoms with Gasteiger partial charge in [0.25, 0.3) is 0 Å². The summed E-state index contributed by atoms with van der Waals surface area (Å²) in [7, 11) is 0. The molecule has 0 amide bonds. The topological polar surface area (TPSA) is 541 Å². The molecular formula is C90H164O28S6. The van der Waals surface area contributed by atoms with Crippen molar-refractivity contribution in [2.75, 3.05) is 91.4 Å². The molecule has 2 aromatic rings. The predicted molar refractivity (Wildman–Crippen MR) is 515 cm³/mol. The number of carboxylic acid groups (broad SMARTS) is 8. The summed E-state index contributed by atoms with van der Waals surface area (Å²) < 4.78 is 0. The van der Waals surface area contributed by atoms with Crippen molar-refractivity contribution in [1.29, 1.82) is 0 Å². The monoisotopic (exact) mass is 1880 g/mol. The third kappa shape index (κ3) is 121. The molecule has 124 heavy (non-hydrogen) atoms. The molecule has 0 saturated heterocycles. The number of hydrogen-bond acceptors (Lipinski definition) is 26. The van der Waals surface area contributed by atoms with Gasteiger partial charge in [-0.15, -0.1) is 23.5 Å². The van der Waals surface area contributed by atoms with E-state index in [-0.39, 0.29) is 95.4 Å². The largest absolute Gasteiger partial charge is 0.481 e. The Kier molecular flexibility index (Phi) is 124. The van der Waals surface area contributed by atoms with Crippen LogP contribution in [-0.4, -0.2) is 294 Å². The molecule has 0 fully saturated rings. The lowest BCUT2D eigenvalue weighted by Crippen LogP contribution is -2.23. The third-order valence-electron chi connectivity index (χ3n) is 15.7. The quantitative estimate of drug-likeness (QED) is 0.0216. The number of allylic oxidation sites excluding steroid dienone is 8. The second-order valence-corrected chi connectivity index (χ2v) is 34.6. The molecule has 2 aromatic carbocycles. The van der Waals surface area contributed by atoms with E-state index in [4.69, 9.17) is 97.0 Å². The molecule has 0 aliphatic rings. The number of carbonyl (C=O) groups is 8. The third-order valence-corrected chi connectivity index (χ3v) is 22.7. The van der Waals surface area contributed by atoms with Crippen molar-refractivity contribution < 1.29 is 140 Å². The number of thioether (sulfide) groups is 6. The normalized spacial score (nSPS) is 13.3. The molecule has 2 rings (SSSR count). The van der Waals surface area contributed by atoms with Crippen LogP contribution in [0.25, 0.3) is 0 Å². The van der Waals surface area contributed by atoms with Crippen LogP contribution in [0.3, 0.4) is 0 Å². The first-order valence-electron chi connectivity index (χ1n) is 42.5. The molecule has 0 aromatic heterocycles. The van der Waals surface area contributed by atoms with Crippen LogP contribution in [0.1, 0.15) is 255 Å². The molecule has 0 heterocycles. The minimum Gasteiger partial charge on any atom is -0.481 e. The molecule has 728 valence electrons. The van der Waals surface area contributed by atoms with Crippen LogP contribution in [0.2, 0.25) is 0 Å². The fourth-order valence-electron chi connectivity index (χ4n) is 8.05. The number of rotatable bonds is 56. The maximum atomic E-state index is 10.6. The van der Waals surface area contributed by atoms with Gasteiger partial charge in [-0.3, -0.25) is 38.4 Å². The Morgan fingerprint density at radius 2 is 0.605 bits per heavy atom. The smallest absolute Gasteiger partial charge is 0.317 e. The van der Waals surface area contributed by atoms with Gasteiger partial charge in [0, 0.05) is 47.6 Å². The average molecular weight is 1890 g/mol. The number of hydrogen-bond donors (Lipinski definition) is 20. The van der Waals surface area contributed by atoms with Gasteiger partial charge in [-0.1, -0.05) is 192 Å². The highest BCUT2D eigenvalue weighted by Crippen LogP contribution is 2.22. The summed E-state index contributed by atoms with van der Waals surface area (Å²) in [6, 6.07) is 20.3. The van der Waals surface area contributed by atoms with Gasteiger partial charge >= 0.3 is 47.8 Å². The van der Waals surface area contributed by atoms with Gasteiger partial charge in [0.1, 0.15) is 10.5 Å². The summed E-state index contributed by atoms with van der Waals surface area (Å²) >= 11 is 8.05. The van der Waals surface area contributed by atoms with Gasteiger partial charge in [0.2, 0.25) is 0 Å². The predicted octanol–water partition coefficient (Wildman–Crippen LogP) is 15.0. The Labute approximate surface area is 767 Å². The van der Waals surface area contributed by atoms with Gasteiger partial charge in [-0.25, -0.2) is 0 Å². The molecule has 0 bridgehead atoms. The number of aliphatic carboxylic acids is 8. The summed E-state index contributed by atoms with van der Waals surface area (Å²) in [5.41, 5.74) is 2.47. The van der Waals surface area contributed by atoms with Crippen LogP contribution in [0.5, 0.6) is 0 Å². The highest BCUT2D eigenvalue weighted by Gasteiger charge is 2.23. The molecule has 0 aliphatic carbocycles. The van der Waals surface area contributed by atoms with E-state index < -0.39 is 95.2 Å². The second kappa shape index (κ2) is 110. The zero-order valence-corrected chi connectivity index (χ0v) is 81.3. The lowest BCUT2D eigenvalue weighted by molar-refractivity contribution is -0.142. The fourth-order valence-corrected chi connectivity index (χ4v) is 14.3. The lowest BCUT2D eigenvalue weighted by atomic mass is 9.98. The Hall–Kier alpha value is -5.22. The maximum Gasteiger partial charge on any atom is 0.317 e. The lowest BCUT2D eigenvalue weighted by Gasteiger charge is -2.15. The molecule has 20 N–H and O–H groups in total. The van der Waals surface area contributed by atoms with Crippen molar-refractivity contribution in [3.05, 3.63) is 120 Å². The molecule has 0 radical (unpaired) electrons. The van der Waals surface area contributed by atoms with Crippen LogP contribution in [-0.2, 0) is 38.4 Å². The number of aliphatic hydroxyl groups is 12. The average Bonchev–Trinajstić information content (AvgIpc) is 1.06. The van der Waals surface area contributed by atoms with Crippen molar-refractivity contribution in [3.8, 4) is 0 Å². The van der Waals surface area contributed by atoms with E-state index in [0.29, 0.717) is 83.5 Å². The van der Waals surface area contributed by atoms with E-state index in [0.717, 1.165) is 67.8 Å². The first-order valence-corrected chi connectivity index (χ1v) is 49.1. The fraction of sp³-hybridized carbons (Fsp3) is 0.689. The van der Waals surface area contributed by atoms with Crippen LogP contribution in [0.15, 0.2) is 109 Å². The van der Waals surface area contributed by atoms with Crippen molar-refractivity contribution in [2.45, 2.75) is 296 Å². The van der Waals surface area contributed by atoms with Gasteiger partial charge in [0.15, 0.2) is 0 Å². The molecule has 34 heteroatoms. The Bertz CT molecular complexity index is 2610. The number of aliphatic hydroxyl groups excluding tert-OH is 12. The van der Waals surface area contributed by atoms with E-state index in [1.165, 1.54) is 72.1 Å². The Morgan fingerprint density at radius 1 is 0.323 bits per heavy atom. The Morgan fingerprint density at radius 3 is 0.839 bits per heavy atom. The van der Waals surface area contributed by atoms with Crippen molar-refractivity contribution in [2.24, 2.45) is 5.92 Å². The minimum absolute atomic E-state index is 0.00351. The summed E-state index contributed by atoms with van der Waals surface area (Å²) in [6.07, 6.45) is 26.3. The summed E-state index contributed by atoms with van der Waals surface area (Å²) in [5.74, 6) is -1.70. The minimum atomic E-state index is -1.18. The second-order valence-electron chi connectivity index (χ2n) is 26.8. The molecule has 0 spiro atoms. The molecule has 12 atom stereocenters. The molecule has 28 nitrogen and oxygen atoms in total. The molecule has 0 saturated carbocycles. The van der Waals surface area contributed by atoms with Gasteiger partial charge < -0.3 is 102 Å². The first kappa shape index (κ1) is 139. The van der Waals surface area contributed by atoms with Crippen molar-refractivity contribution >= 4 is 118 Å².